The second-order valence-electron chi connectivity index (χ2n) is 4.51. The number of rotatable bonds is 5. The van der Waals surface area contributed by atoms with Gasteiger partial charge in [-0.2, -0.15) is 0 Å². The molecule has 1 heterocycles. The van der Waals surface area contributed by atoms with Crippen molar-refractivity contribution in [3.63, 3.8) is 0 Å². The third-order valence-electron chi connectivity index (χ3n) is 2.97. The van der Waals surface area contributed by atoms with Gasteiger partial charge in [-0.25, -0.2) is 8.78 Å². The van der Waals surface area contributed by atoms with Crippen molar-refractivity contribution in [3.05, 3.63) is 29.8 Å². The van der Waals surface area contributed by atoms with Gasteiger partial charge in [0.25, 0.3) is 0 Å². The number of carbonyl (C=O) groups is 1. The predicted molar refractivity (Wildman–Crippen MR) is 66.8 cm³/mol. The summed E-state index contributed by atoms with van der Waals surface area (Å²) in [5.41, 5.74) is -0.404. The van der Waals surface area contributed by atoms with Gasteiger partial charge in [-0.1, -0.05) is 6.07 Å². The Morgan fingerprint density at radius 1 is 1.37 bits per heavy atom. The molecule has 1 atom stereocenters. The maximum Gasteiger partial charge on any atom is 0.238 e. The lowest BCUT2D eigenvalue weighted by molar-refractivity contribution is -0.115. The van der Waals surface area contributed by atoms with Crippen LogP contribution < -0.4 is 10.6 Å². The van der Waals surface area contributed by atoms with E-state index in [2.05, 4.69) is 10.6 Å². The van der Waals surface area contributed by atoms with Crippen LogP contribution in [-0.2, 0) is 9.53 Å². The van der Waals surface area contributed by atoms with Crippen LogP contribution in [0, 0.1) is 17.6 Å². The summed E-state index contributed by atoms with van der Waals surface area (Å²) < 4.78 is 31.8. The monoisotopic (exact) mass is 270 g/mol. The number of anilines is 1. The van der Waals surface area contributed by atoms with Crippen molar-refractivity contribution in [2.45, 2.75) is 6.42 Å². The first-order valence-electron chi connectivity index (χ1n) is 6.19. The summed E-state index contributed by atoms with van der Waals surface area (Å²) in [6, 6.07) is 3.45. The highest BCUT2D eigenvalue weighted by atomic mass is 19.1. The molecule has 2 rings (SSSR count). The molecule has 1 amide bonds. The number of halogens is 2. The normalized spacial score (nSPS) is 18.5. The van der Waals surface area contributed by atoms with Gasteiger partial charge in [0.1, 0.15) is 17.3 Å². The number of amides is 1. The second kappa shape index (κ2) is 6.58. The minimum Gasteiger partial charge on any atom is -0.381 e. The molecule has 19 heavy (non-hydrogen) atoms. The number of nitrogens with one attached hydrogen (secondary N) is 2. The van der Waals surface area contributed by atoms with E-state index in [1.165, 1.54) is 6.07 Å². The highest BCUT2D eigenvalue weighted by Crippen LogP contribution is 2.17. The quantitative estimate of drug-likeness (QED) is 0.853. The number of hydrogen-bond acceptors (Lipinski definition) is 3. The molecule has 1 unspecified atom stereocenters. The van der Waals surface area contributed by atoms with E-state index < -0.39 is 23.2 Å². The molecule has 1 saturated heterocycles. The molecule has 6 heteroatoms. The minimum absolute atomic E-state index is 0.0181. The van der Waals surface area contributed by atoms with Crippen molar-refractivity contribution >= 4 is 11.6 Å². The molecule has 0 spiro atoms. The Hall–Kier alpha value is -1.53. The summed E-state index contributed by atoms with van der Waals surface area (Å²) in [5.74, 6) is -1.63. The molecule has 0 bridgehead atoms. The van der Waals surface area contributed by atoms with E-state index in [1.807, 2.05) is 0 Å². The maximum absolute atomic E-state index is 13.3. The number of carbonyl (C=O) groups excluding carboxylic acids is 1. The van der Waals surface area contributed by atoms with Crippen molar-refractivity contribution in [2.24, 2.45) is 5.92 Å². The van der Waals surface area contributed by atoms with E-state index in [-0.39, 0.29) is 6.54 Å². The average molecular weight is 270 g/mol. The van der Waals surface area contributed by atoms with Gasteiger partial charge < -0.3 is 15.4 Å². The summed E-state index contributed by atoms with van der Waals surface area (Å²) in [4.78, 5) is 11.6. The van der Waals surface area contributed by atoms with Crippen molar-refractivity contribution in [1.29, 1.82) is 0 Å². The topological polar surface area (TPSA) is 50.4 Å². The number of hydrogen-bond donors (Lipinski definition) is 2. The molecule has 0 aliphatic carbocycles. The van der Waals surface area contributed by atoms with E-state index in [0.29, 0.717) is 19.1 Å². The third kappa shape index (κ3) is 3.97. The maximum atomic E-state index is 13.3. The van der Waals surface area contributed by atoms with E-state index >= 15 is 0 Å². The number of benzene rings is 1. The standard InChI is InChI=1S/C13H16F2N2O2/c14-10-2-1-3-11(15)13(10)17-12(18)7-16-6-9-4-5-19-8-9/h1-3,9,16H,4-8H2,(H,17,18). The molecular weight excluding hydrogens is 254 g/mol. The fourth-order valence-electron chi connectivity index (χ4n) is 1.93. The van der Waals surface area contributed by atoms with Crippen LogP contribution in [0.3, 0.4) is 0 Å². The van der Waals surface area contributed by atoms with Crippen LogP contribution in [0.2, 0.25) is 0 Å². The lowest BCUT2D eigenvalue weighted by Crippen LogP contribution is -2.32. The van der Waals surface area contributed by atoms with Crippen LogP contribution in [0.15, 0.2) is 18.2 Å². The number of ether oxygens (including phenoxy) is 1. The summed E-state index contributed by atoms with van der Waals surface area (Å²) in [6.07, 6.45) is 0.969. The summed E-state index contributed by atoms with van der Waals surface area (Å²) in [7, 11) is 0. The Balaban J connectivity index is 1.77. The average Bonchev–Trinajstić information content (AvgIpc) is 2.87. The van der Waals surface area contributed by atoms with Crippen LogP contribution in [0.5, 0.6) is 0 Å². The van der Waals surface area contributed by atoms with Crippen molar-refractivity contribution < 1.29 is 18.3 Å². The molecule has 1 aromatic carbocycles. The zero-order valence-electron chi connectivity index (χ0n) is 10.4. The first kappa shape index (κ1) is 13.9. The van der Waals surface area contributed by atoms with Gasteiger partial charge in [0.15, 0.2) is 0 Å². The lowest BCUT2D eigenvalue weighted by Gasteiger charge is -2.10. The molecule has 4 nitrogen and oxygen atoms in total. The Morgan fingerprint density at radius 3 is 2.74 bits per heavy atom. The van der Waals surface area contributed by atoms with Crippen LogP contribution in [-0.4, -0.2) is 32.2 Å². The van der Waals surface area contributed by atoms with Crippen molar-refractivity contribution in [1.82, 2.24) is 5.32 Å². The molecule has 104 valence electrons. The zero-order valence-corrected chi connectivity index (χ0v) is 10.4. The highest BCUT2D eigenvalue weighted by molar-refractivity contribution is 5.92. The molecule has 2 N–H and O–H groups in total. The first-order valence-corrected chi connectivity index (χ1v) is 6.19. The van der Waals surface area contributed by atoms with Crippen LogP contribution in [0.1, 0.15) is 6.42 Å². The molecule has 1 aliphatic heterocycles. The Labute approximate surface area is 110 Å². The molecule has 1 aromatic rings. The largest absolute Gasteiger partial charge is 0.381 e. The van der Waals surface area contributed by atoms with Gasteiger partial charge in [0, 0.05) is 13.2 Å². The van der Waals surface area contributed by atoms with E-state index in [4.69, 9.17) is 4.74 Å². The predicted octanol–water partition coefficient (Wildman–Crippen LogP) is 1.53. The van der Waals surface area contributed by atoms with Gasteiger partial charge in [-0.15, -0.1) is 0 Å². The summed E-state index contributed by atoms with van der Waals surface area (Å²) in [6.45, 7) is 2.12. The zero-order chi connectivity index (χ0) is 13.7. The Kier molecular flexibility index (Phi) is 4.81. The summed E-state index contributed by atoms with van der Waals surface area (Å²) >= 11 is 0. The van der Waals surface area contributed by atoms with Crippen molar-refractivity contribution in [2.75, 3.05) is 31.6 Å². The molecule has 0 radical (unpaired) electrons. The summed E-state index contributed by atoms with van der Waals surface area (Å²) in [5, 5.41) is 5.17. The fourth-order valence-corrected chi connectivity index (χ4v) is 1.93. The van der Waals surface area contributed by atoms with E-state index in [0.717, 1.165) is 25.2 Å². The molecule has 0 aromatic heterocycles. The van der Waals surface area contributed by atoms with Crippen LogP contribution in [0.25, 0.3) is 0 Å². The SMILES string of the molecule is O=C(CNCC1CCOC1)Nc1c(F)cccc1F. The van der Waals surface area contributed by atoms with E-state index in [9.17, 15) is 13.6 Å². The second-order valence-corrected chi connectivity index (χ2v) is 4.51. The van der Waals surface area contributed by atoms with Gasteiger partial charge in [0.2, 0.25) is 5.91 Å². The van der Waals surface area contributed by atoms with Gasteiger partial charge in [-0.05, 0) is 24.5 Å². The van der Waals surface area contributed by atoms with Crippen molar-refractivity contribution in [3.8, 4) is 0 Å². The smallest absolute Gasteiger partial charge is 0.238 e. The molecule has 1 aliphatic rings. The number of para-hydroxylation sites is 1. The third-order valence-corrected chi connectivity index (χ3v) is 2.97. The minimum atomic E-state index is -0.780. The lowest BCUT2D eigenvalue weighted by atomic mass is 10.1. The molecule has 0 saturated carbocycles. The van der Waals surface area contributed by atoms with E-state index in [1.54, 1.807) is 0 Å². The van der Waals surface area contributed by atoms with Crippen LogP contribution in [0.4, 0.5) is 14.5 Å². The van der Waals surface area contributed by atoms with Gasteiger partial charge in [-0.3, -0.25) is 4.79 Å². The molecule has 1 fully saturated rings. The fraction of sp³-hybridized carbons (Fsp3) is 0.462. The highest BCUT2D eigenvalue weighted by Gasteiger charge is 2.16. The first-order chi connectivity index (χ1) is 9.16. The van der Waals surface area contributed by atoms with Crippen LogP contribution >= 0.6 is 0 Å². The Bertz CT molecular complexity index is 428. The van der Waals surface area contributed by atoms with Gasteiger partial charge >= 0.3 is 0 Å². The Morgan fingerprint density at radius 2 is 2.11 bits per heavy atom. The van der Waals surface area contributed by atoms with Gasteiger partial charge in [0.05, 0.1) is 13.2 Å². The molecular formula is C13H16F2N2O2.